The zero-order chi connectivity index (χ0) is 14.0. The highest BCUT2D eigenvalue weighted by molar-refractivity contribution is 9.10. The summed E-state index contributed by atoms with van der Waals surface area (Å²) in [5.41, 5.74) is 2.41. The first-order valence-electron chi connectivity index (χ1n) is 6.92. The maximum absolute atomic E-state index is 5.74. The van der Waals surface area contributed by atoms with E-state index >= 15 is 0 Å². The lowest BCUT2D eigenvalue weighted by atomic mass is 9.75. The fourth-order valence-electron chi connectivity index (χ4n) is 2.92. The minimum absolute atomic E-state index is 0.105. The predicted molar refractivity (Wildman–Crippen MR) is 80.4 cm³/mol. The Morgan fingerprint density at radius 1 is 1.53 bits per heavy atom. The zero-order valence-electron chi connectivity index (χ0n) is 12.3. The van der Waals surface area contributed by atoms with Gasteiger partial charge < -0.3 is 10.1 Å². The van der Waals surface area contributed by atoms with E-state index in [1.807, 2.05) is 32.8 Å². The fraction of sp³-hybridized carbons (Fsp3) is 0.786. The number of nitrogens with zero attached hydrogens (tertiary/aromatic N) is 2. The van der Waals surface area contributed by atoms with Crippen molar-refractivity contribution < 1.29 is 4.74 Å². The van der Waals surface area contributed by atoms with Crippen LogP contribution in [0.15, 0.2) is 4.47 Å². The van der Waals surface area contributed by atoms with Gasteiger partial charge >= 0.3 is 0 Å². The number of rotatable bonds is 6. The van der Waals surface area contributed by atoms with E-state index < -0.39 is 0 Å². The molecule has 0 aliphatic heterocycles. The van der Waals surface area contributed by atoms with Crippen molar-refractivity contribution in [3.63, 3.8) is 0 Å². The summed E-state index contributed by atoms with van der Waals surface area (Å²) in [6.45, 7) is 2.03. The van der Waals surface area contributed by atoms with Crippen molar-refractivity contribution >= 4 is 15.9 Å². The number of methoxy groups -OCH3 is 1. The number of halogens is 1. The topological polar surface area (TPSA) is 39.1 Å². The maximum Gasteiger partial charge on any atom is 0.0738 e. The molecule has 0 bridgehead atoms. The van der Waals surface area contributed by atoms with Crippen LogP contribution in [0.4, 0.5) is 0 Å². The van der Waals surface area contributed by atoms with Crippen molar-refractivity contribution in [2.45, 2.75) is 50.7 Å². The van der Waals surface area contributed by atoms with Crippen LogP contribution < -0.4 is 5.32 Å². The number of aryl methyl sites for hydroxylation is 2. The van der Waals surface area contributed by atoms with Crippen LogP contribution in [-0.4, -0.2) is 35.6 Å². The normalized spacial score (nSPS) is 19.2. The summed E-state index contributed by atoms with van der Waals surface area (Å²) in [7, 11) is 5.88. The van der Waals surface area contributed by atoms with Gasteiger partial charge in [0.1, 0.15) is 0 Å². The second kappa shape index (κ2) is 5.94. The van der Waals surface area contributed by atoms with Gasteiger partial charge in [-0.25, -0.2) is 0 Å². The number of hydrogen-bond donors (Lipinski definition) is 1. The van der Waals surface area contributed by atoms with Gasteiger partial charge in [0.15, 0.2) is 0 Å². The van der Waals surface area contributed by atoms with Crippen LogP contribution in [0.5, 0.6) is 0 Å². The molecule has 1 unspecified atom stereocenters. The molecule has 4 nitrogen and oxygen atoms in total. The van der Waals surface area contributed by atoms with Crippen LogP contribution >= 0.6 is 15.9 Å². The lowest BCUT2D eigenvalue weighted by Gasteiger charge is -2.42. The third-order valence-corrected chi connectivity index (χ3v) is 5.46. The van der Waals surface area contributed by atoms with Crippen molar-refractivity contribution in [1.82, 2.24) is 15.1 Å². The van der Waals surface area contributed by atoms with E-state index in [2.05, 4.69) is 26.3 Å². The molecule has 1 aromatic heterocycles. The Hall–Kier alpha value is -0.390. The Balaban J connectivity index is 2.06. The molecule has 0 saturated heterocycles. The lowest BCUT2D eigenvalue weighted by molar-refractivity contribution is -0.0831. The van der Waals surface area contributed by atoms with Gasteiger partial charge in [0, 0.05) is 26.6 Å². The van der Waals surface area contributed by atoms with Crippen molar-refractivity contribution in [2.24, 2.45) is 7.05 Å². The molecule has 1 N–H and O–H groups in total. The second-order valence-electron chi connectivity index (χ2n) is 5.60. The Bertz CT molecular complexity index is 435. The number of ether oxygens (including phenoxy) is 1. The van der Waals surface area contributed by atoms with Gasteiger partial charge in [-0.3, -0.25) is 4.68 Å². The van der Waals surface area contributed by atoms with Crippen LogP contribution in [0.1, 0.15) is 37.1 Å². The Labute approximate surface area is 124 Å². The van der Waals surface area contributed by atoms with Crippen molar-refractivity contribution in [3.8, 4) is 0 Å². The molecular weight excluding hydrogens is 306 g/mol. The molecule has 108 valence electrons. The van der Waals surface area contributed by atoms with Crippen LogP contribution in [0, 0.1) is 6.92 Å². The predicted octanol–water partition coefficient (Wildman–Crippen LogP) is 2.58. The Morgan fingerprint density at radius 2 is 2.21 bits per heavy atom. The molecule has 0 radical (unpaired) electrons. The largest absolute Gasteiger partial charge is 0.378 e. The summed E-state index contributed by atoms with van der Waals surface area (Å²) >= 11 is 3.64. The Kier molecular flexibility index (Phi) is 4.69. The molecule has 1 saturated carbocycles. The molecule has 0 spiro atoms. The molecule has 1 heterocycles. The zero-order valence-corrected chi connectivity index (χ0v) is 13.9. The summed E-state index contributed by atoms with van der Waals surface area (Å²) in [5.74, 6) is 0. The summed E-state index contributed by atoms with van der Waals surface area (Å²) in [4.78, 5) is 0. The Morgan fingerprint density at radius 3 is 2.58 bits per heavy atom. The average molecular weight is 330 g/mol. The smallest absolute Gasteiger partial charge is 0.0738 e. The average Bonchev–Trinajstić information content (AvgIpc) is 2.58. The van der Waals surface area contributed by atoms with Gasteiger partial charge in [0.2, 0.25) is 0 Å². The first-order valence-corrected chi connectivity index (χ1v) is 7.71. The van der Waals surface area contributed by atoms with Gasteiger partial charge in [0.25, 0.3) is 0 Å². The van der Waals surface area contributed by atoms with Gasteiger partial charge in [-0.1, -0.05) is 0 Å². The first-order chi connectivity index (χ1) is 9.01. The van der Waals surface area contributed by atoms with E-state index in [0.717, 1.165) is 23.0 Å². The minimum Gasteiger partial charge on any atom is -0.378 e. The molecule has 5 heteroatoms. The third-order valence-electron chi connectivity index (χ3n) is 4.43. The van der Waals surface area contributed by atoms with Crippen molar-refractivity contribution in [1.29, 1.82) is 0 Å². The van der Waals surface area contributed by atoms with Gasteiger partial charge in [-0.2, -0.15) is 5.10 Å². The SMILES string of the molecule is CNC(Cc1c(Br)c(C)nn1C)CC1(OC)CCC1. The number of aromatic nitrogens is 2. The van der Waals surface area contributed by atoms with Gasteiger partial charge in [-0.15, -0.1) is 0 Å². The second-order valence-corrected chi connectivity index (χ2v) is 6.40. The molecule has 2 rings (SSSR count). The monoisotopic (exact) mass is 329 g/mol. The molecule has 1 atom stereocenters. The summed E-state index contributed by atoms with van der Waals surface area (Å²) in [5, 5.41) is 7.89. The van der Waals surface area contributed by atoms with Crippen LogP contribution in [0.3, 0.4) is 0 Å². The first kappa shape index (κ1) is 15.0. The molecule has 19 heavy (non-hydrogen) atoms. The number of nitrogens with one attached hydrogen (secondary N) is 1. The molecule has 1 fully saturated rings. The van der Waals surface area contributed by atoms with E-state index in [-0.39, 0.29) is 5.60 Å². The lowest BCUT2D eigenvalue weighted by Crippen LogP contribution is -2.46. The molecular formula is C14H24BrN3O. The standard InChI is InChI=1S/C14H24BrN3O/c1-10-13(15)12(18(3)17-10)8-11(16-2)9-14(19-4)6-5-7-14/h11,16H,5-9H2,1-4H3. The molecule has 0 aromatic carbocycles. The van der Waals surface area contributed by atoms with Gasteiger partial charge in [-0.05, 0) is 55.6 Å². The van der Waals surface area contributed by atoms with E-state index in [9.17, 15) is 0 Å². The number of hydrogen-bond acceptors (Lipinski definition) is 3. The molecule has 1 aliphatic carbocycles. The van der Waals surface area contributed by atoms with E-state index in [4.69, 9.17) is 4.74 Å². The third kappa shape index (κ3) is 3.03. The summed E-state index contributed by atoms with van der Waals surface area (Å²) in [6.07, 6.45) is 5.70. The van der Waals surface area contributed by atoms with Crippen molar-refractivity contribution in [2.75, 3.05) is 14.2 Å². The fourth-order valence-corrected chi connectivity index (χ4v) is 3.42. The van der Waals surface area contributed by atoms with Crippen LogP contribution in [0.2, 0.25) is 0 Å². The highest BCUT2D eigenvalue weighted by atomic mass is 79.9. The van der Waals surface area contributed by atoms with Crippen LogP contribution in [0.25, 0.3) is 0 Å². The maximum atomic E-state index is 5.74. The van der Waals surface area contributed by atoms with Gasteiger partial charge in [0.05, 0.1) is 21.5 Å². The van der Waals surface area contributed by atoms with E-state index in [0.29, 0.717) is 6.04 Å². The highest BCUT2D eigenvalue weighted by Gasteiger charge is 2.39. The molecule has 1 aliphatic rings. The summed E-state index contributed by atoms with van der Waals surface area (Å²) in [6, 6.07) is 0.423. The number of likely N-dealkylation sites (N-methyl/N-ethyl adjacent to an activating group) is 1. The van der Waals surface area contributed by atoms with Crippen LogP contribution in [-0.2, 0) is 18.2 Å². The quantitative estimate of drug-likeness (QED) is 0.871. The highest BCUT2D eigenvalue weighted by Crippen LogP contribution is 2.39. The van der Waals surface area contributed by atoms with E-state index in [1.165, 1.54) is 25.0 Å². The molecule has 1 aromatic rings. The van der Waals surface area contributed by atoms with Crippen molar-refractivity contribution in [3.05, 3.63) is 15.9 Å². The minimum atomic E-state index is 0.105. The van der Waals surface area contributed by atoms with E-state index in [1.54, 1.807) is 0 Å². The summed E-state index contributed by atoms with van der Waals surface area (Å²) < 4.78 is 8.85. The molecule has 0 amide bonds.